The number of guanidine groups is 1. The number of sulfonamides is 1. The van der Waals surface area contributed by atoms with Crippen LogP contribution in [0, 0.1) is 0 Å². The van der Waals surface area contributed by atoms with E-state index in [2.05, 4.69) is 19.9 Å². The molecule has 0 aromatic heterocycles. The van der Waals surface area contributed by atoms with Crippen LogP contribution in [0.2, 0.25) is 0 Å². The molecule has 2 heterocycles. The minimum Gasteiger partial charge on any atom is -0.375 e. The highest BCUT2D eigenvalue weighted by Gasteiger charge is 2.32. The van der Waals surface area contributed by atoms with Gasteiger partial charge in [-0.2, -0.15) is 0 Å². The largest absolute Gasteiger partial charge is 0.375 e. The van der Waals surface area contributed by atoms with Crippen LogP contribution in [-0.4, -0.2) is 83.2 Å². The maximum atomic E-state index is 11.4. The summed E-state index contributed by atoms with van der Waals surface area (Å²) in [6.07, 6.45) is 2.39. The topological polar surface area (TPSA) is 92.3 Å². The molecule has 9 heteroatoms. The second-order valence-corrected chi connectivity index (χ2v) is 8.04. The summed E-state index contributed by atoms with van der Waals surface area (Å²) in [5, 5.41) is 3.28. The van der Waals surface area contributed by atoms with Crippen LogP contribution in [0.15, 0.2) is 4.99 Å². The average molecular weight is 362 g/mol. The fraction of sp³-hybridized carbons (Fsp3) is 0.933. The number of nitrogens with one attached hydrogen (secondary N) is 2. The van der Waals surface area contributed by atoms with Crippen molar-refractivity contribution in [3.63, 3.8) is 0 Å². The summed E-state index contributed by atoms with van der Waals surface area (Å²) < 4.78 is 37.0. The molecule has 24 heavy (non-hydrogen) atoms. The first-order valence-electron chi connectivity index (χ1n) is 8.79. The van der Waals surface area contributed by atoms with Crippen LogP contribution in [-0.2, 0) is 19.5 Å². The summed E-state index contributed by atoms with van der Waals surface area (Å²) in [4.78, 5) is 6.72. The van der Waals surface area contributed by atoms with Gasteiger partial charge in [0.1, 0.15) is 6.10 Å². The van der Waals surface area contributed by atoms with E-state index in [1.54, 1.807) is 6.92 Å². The maximum absolute atomic E-state index is 11.4. The third kappa shape index (κ3) is 5.87. The van der Waals surface area contributed by atoms with Gasteiger partial charge in [0.2, 0.25) is 10.0 Å². The molecular weight excluding hydrogens is 332 g/mol. The molecule has 8 nitrogen and oxygen atoms in total. The van der Waals surface area contributed by atoms with Crippen molar-refractivity contribution < 1.29 is 17.9 Å². The lowest BCUT2D eigenvalue weighted by atomic mass is 10.1. The van der Waals surface area contributed by atoms with E-state index in [-0.39, 0.29) is 18.0 Å². The van der Waals surface area contributed by atoms with Gasteiger partial charge in [-0.05, 0) is 26.7 Å². The normalized spacial score (nSPS) is 25.9. The van der Waals surface area contributed by atoms with Crippen molar-refractivity contribution in [3.05, 3.63) is 0 Å². The highest BCUT2D eigenvalue weighted by molar-refractivity contribution is 7.89. The Kier molecular flexibility index (Phi) is 7.73. The predicted octanol–water partition coefficient (Wildman–Crippen LogP) is -0.229. The number of rotatable bonds is 7. The van der Waals surface area contributed by atoms with Gasteiger partial charge in [0, 0.05) is 32.8 Å². The number of aliphatic imine (C=N–C) groups is 1. The number of hydrogen-bond donors (Lipinski definition) is 2. The zero-order valence-corrected chi connectivity index (χ0v) is 15.5. The molecule has 2 fully saturated rings. The van der Waals surface area contributed by atoms with Crippen molar-refractivity contribution in [3.8, 4) is 0 Å². The lowest BCUT2D eigenvalue weighted by Crippen LogP contribution is -2.53. The fourth-order valence-corrected chi connectivity index (χ4v) is 3.49. The second kappa shape index (κ2) is 9.55. The summed E-state index contributed by atoms with van der Waals surface area (Å²) in [5.74, 6) is 0.892. The Balaban J connectivity index is 1.89. The third-order valence-corrected chi connectivity index (χ3v) is 5.59. The minimum absolute atomic E-state index is 0.0729. The van der Waals surface area contributed by atoms with Crippen LogP contribution in [0.25, 0.3) is 0 Å². The highest BCUT2D eigenvalue weighted by atomic mass is 32.2. The van der Waals surface area contributed by atoms with E-state index in [0.29, 0.717) is 19.7 Å². The number of hydrogen-bond acceptors (Lipinski definition) is 5. The molecule has 0 saturated carbocycles. The van der Waals surface area contributed by atoms with Crippen molar-refractivity contribution >= 4 is 16.0 Å². The lowest BCUT2D eigenvalue weighted by Gasteiger charge is -2.37. The first kappa shape index (κ1) is 19.4. The van der Waals surface area contributed by atoms with Crippen LogP contribution in [0.3, 0.4) is 0 Å². The van der Waals surface area contributed by atoms with Gasteiger partial charge in [0.25, 0.3) is 0 Å². The third-order valence-electron chi connectivity index (χ3n) is 4.18. The Bertz CT molecular complexity index is 506. The van der Waals surface area contributed by atoms with Gasteiger partial charge in [-0.25, -0.2) is 13.1 Å². The van der Waals surface area contributed by atoms with Gasteiger partial charge >= 0.3 is 0 Å². The molecule has 2 aliphatic heterocycles. The quantitative estimate of drug-likeness (QED) is 0.369. The molecule has 0 aromatic rings. The van der Waals surface area contributed by atoms with Gasteiger partial charge in [0.05, 0.1) is 25.0 Å². The smallest absolute Gasteiger partial charge is 0.211 e. The lowest BCUT2D eigenvalue weighted by molar-refractivity contribution is -0.0817. The zero-order chi connectivity index (χ0) is 17.4. The summed E-state index contributed by atoms with van der Waals surface area (Å²) in [6, 6.07) is 0. The Morgan fingerprint density at radius 1 is 1.25 bits per heavy atom. The zero-order valence-electron chi connectivity index (χ0n) is 14.7. The van der Waals surface area contributed by atoms with E-state index < -0.39 is 10.0 Å². The monoisotopic (exact) mass is 362 g/mol. The van der Waals surface area contributed by atoms with Gasteiger partial charge in [-0.1, -0.05) is 0 Å². The molecule has 0 radical (unpaired) electrons. The van der Waals surface area contributed by atoms with Crippen LogP contribution < -0.4 is 10.0 Å². The molecule has 2 atom stereocenters. The molecule has 2 rings (SSSR count). The average Bonchev–Trinajstić information content (AvgIpc) is 3.12. The maximum Gasteiger partial charge on any atom is 0.211 e. The molecule has 0 aromatic carbocycles. The Morgan fingerprint density at radius 3 is 2.71 bits per heavy atom. The molecule has 2 unspecified atom stereocenters. The van der Waals surface area contributed by atoms with Crippen molar-refractivity contribution in [1.29, 1.82) is 0 Å². The summed E-state index contributed by atoms with van der Waals surface area (Å²) in [5.41, 5.74) is 0. The summed E-state index contributed by atoms with van der Waals surface area (Å²) >= 11 is 0. The van der Waals surface area contributed by atoms with Crippen molar-refractivity contribution in [2.24, 2.45) is 4.99 Å². The Labute approximate surface area is 145 Å². The van der Waals surface area contributed by atoms with Gasteiger partial charge < -0.3 is 19.7 Å². The van der Waals surface area contributed by atoms with Crippen LogP contribution in [0.5, 0.6) is 0 Å². The van der Waals surface area contributed by atoms with Gasteiger partial charge in [-0.15, -0.1) is 0 Å². The van der Waals surface area contributed by atoms with Crippen LogP contribution in [0.1, 0.15) is 26.7 Å². The van der Waals surface area contributed by atoms with E-state index in [4.69, 9.17) is 9.47 Å². The highest BCUT2D eigenvalue weighted by Crippen LogP contribution is 2.20. The predicted molar refractivity (Wildman–Crippen MR) is 93.7 cm³/mol. The van der Waals surface area contributed by atoms with Crippen molar-refractivity contribution in [2.45, 2.75) is 38.9 Å². The van der Waals surface area contributed by atoms with Gasteiger partial charge in [-0.3, -0.25) is 4.99 Å². The Hall–Kier alpha value is -0.900. The second-order valence-electron chi connectivity index (χ2n) is 5.94. The van der Waals surface area contributed by atoms with E-state index in [1.807, 2.05) is 6.92 Å². The van der Waals surface area contributed by atoms with Crippen LogP contribution in [0.4, 0.5) is 0 Å². The summed E-state index contributed by atoms with van der Waals surface area (Å²) in [6.45, 7) is 8.11. The molecule has 2 saturated heterocycles. The van der Waals surface area contributed by atoms with E-state index in [0.717, 1.165) is 45.0 Å². The first-order valence-corrected chi connectivity index (χ1v) is 10.4. The van der Waals surface area contributed by atoms with E-state index in [1.165, 1.54) is 0 Å². The molecule has 140 valence electrons. The number of nitrogens with zero attached hydrogens (tertiary/aromatic N) is 2. The van der Waals surface area contributed by atoms with E-state index in [9.17, 15) is 8.42 Å². The molecule has 0 amide bonds. The first-order chi connectivity index (χ1) is 11.6. The van der Waals surface area contributed by atoms with Crippen molar-refractivity contribution in [2.75, 3.05) is 51.7 Å². The molecule has 0 aliphatic carbocycles. The molecule has 2 aliphatic rings. The minimum atomic E-state index is -3.16. The molecule has 2 N–H and O–H groups in total. The molecule has 0 bridgehead atoms. The summed E-state index contributed by atoms with van der Waals surface area (Å²) in [7, 11) is -3.16. The van der Waals surface area contributed by atoms with Crippen LogP contribution >= 0.6 is 0 Å². The molecule has 0 spiro atoms. The van der Waals surface area contributed by atoms with E-state index >= 15 is 0 Å². The van der Waals surface area contributed by atoms with Crippen molar-refractivity contribution in [1.82, 2.24) is 14.9 Å². The standard InChI is InChI=1S/C15H30N4O4S/c1-3-16-15(17-7-8-18-24(20,21)4-2)19-9-11-23-14(12-19)13-6-5-10-22-13/h13-14,18H,3-12H2,1-2H3,(H,16,17). The number of morpholine rings is 1. The Morgan fingerprint density at radius 2 is 2.04 bits per heavy atom. The molecular formula is C15H30N4O4S. The SMILES string of the molecule is CCNC(=NCCNS(=O)(=O)CC)N1CCOC(C2CCCO2)C1. The fourth-order valence-electron chi connectivity index (χ4n) is 2.88. The van der Waals surface area contributed by atoms with Gasteiger partial charge in [0.15, 0.2) is 5.96 Å². The number of ether oxygens (including phenoxy) is 2.